The number of carboxylic acids is 1. The van der Waals surface area contributed by atoms with Gasteiger partial charge in [0.15, 0.2) is 0 Å². The first-order chi connectivity index (χ1) is 13.0. The summed E-state index contributed by atoms with van der Waals surface area (Å²) in [5.41, 5.74) is 0.824. The molecule has 7 heteroatoms. The highest BCUT2D eigenvalue weighted by atomic mass is 19.1. The second kappa shape index (κ2) is 6.53. The Morgan fingerprint density at radius 3 is 2.56 bits per heavy atom. The maximum atomic E-state index is 14.2. The van der Waals surface area contributed by atoms with Crippen molar-refractivity contribution in [2.45, 2.75) is 6.54 Å². The van der Waals surface area contributed by atoms with Crippen LogP contribution in [-0.4, -0.2) is 25.4 Å². The lowest BCUT2D eigenvalue weighted by Gasteiger charge is -2.13. The molecule has 0 bridgehead atoms. The molecular formula is C20H14FN3O3. The monoisotopic (exact) mass is 363 g/mol. The molecule has 0 fully saturated rings. The summed E-state index contributed by atoms with van der Waals surface area (Å²) in [6.45, 7) is 0.292. The molecule has 1 N–H and O–H groups in total. The summed E-state index contributed by atoms with van der Waals surface area (Å²) in [5.74, 6) is -2.11. The third-order valence-corrected chi connectivity index (χ3v) is 4.35. The van der Waals surface area contributed by atoms with Crippen LogP contribution < -0.4 is 5.43 Å². The molecule has 4 aromatic rings. The predicted molar refractivity (Wildman–Crippen MR) is 97.8 cm³/mol. The number of aromatic nitrogens is 3. The number of hydrogen-bond acceptors (Lipinski definition) is 3. The van der Waals surface area contributed by atoms with E-state index in [1.165, 1.54) is 12.3 Å². The van der Waals surface area contributed by atoms with Gasteiger partial charge in [0.1, 0.15) is 11.4 Å². The van der Waals surface area contributed by atoms with E-state index in [9.17, 15) is 19.1 Å². The molecule has 27 heavy (non-hydrogen) atoms. The third kappa shape index (κ3) is 2.99. The molecule has 0 aliphatic rings. The molecule has 0 aliphatic heterocycles. The topological polar surface area (TPSA) is 77.1 Å². The number of carboxylic acid groups (broad SMARTS) is 1. The van der Waals surface area contributed by atoms with Crippen LogP contribution in [0.1, 0.15) is 15.9 Å². The number of aromatic carboxylic acids is 1. The van der Waals surface area contributed by atoms with E-state index in [4.69, 9.17) is 0 Å². The second-order valence-corrected chi connectivity index (χ2v) is 6.06. The molecule has 0 aliphatic carbocycles. The van der Waals surface area contributed by atoms with E-state index in [-0.39, 0.29) is 5.39 Å². The Morgan fingerprint density at radius 2 is 1.89 bits per heavy atom. The van der Waals surface area contributed by atoms with Crippen molar-refractivity contribution in [2.75, 3.05) is 0 Å². The van der Waals surface area contributed by atoms with E-state index in [0.717, 1.165) is 17.3 Å². The Labute approximate surface area is 152 Å². The third-order valence-electron chi connectivity index (χ3n) is 4.35. The van der Waals surface area contributed by atoms with Gasteiger partial charge >= 0.3 is 5.97 Å². The van der Waals surface area contributed by atoms with Crippen LogP contribution in [0, 0.1) is 5.82 Å². The molecule has 2 aromatic heterocycles. The average Bonchev–Trinajstić information content (AvgIpc) is 3.19. The molecule has 0 saturated heterocycles. The second-order valence-electron chi connectivity index (χ2n) is 6.06. The number of pyridine rings is 1. The maximum absolute atomic E-state index is 14.2. The van der Waals surface area contributed by atoms with Gasteiger partial charge in [-0.1, -0.05) is 18.2 Å². The van der Waals surface area contributed by atoms with Gasteiger partial charge in [-0.25, -0.2) is 13.9 Å². The Bertz CT molecular complexity index is 1200. The molecule has 2 aromatic carbocycles. The lowest BCUT2D eigenvalue weighted by molar-refractivity contribution is 0.0695. The van der Waals surface area contributed by atoms with Crippen LogP contribution in [0.25, 0.3) is 16.6 Å². The van der Waals surface area contributed by atoms with Crippen LogP contribution in [0.2, 0.25) is 0 Å². The van der Waals surface area contributed by atoms with Gasteiger partial charge in [0.05, 0.1) is 16.6 Å². The van der Waals surface area contributed by atoms with Gasteiger partial charge < -0.3 is 9.67 Å². The quantitative estimate of drug-likeness (QED) is 0.604. The first-order valence-corrected chi connectivity index (χ1v) is 8.18. The van der Waals surface area contributed by atoms with E-state index >= 15 is 0 Å². The first-order valence-electron chi connectivity index (χ1n) is 8.18. The summed E-state index contributed by atoms with van der Waals surface area (Å²) in [7, 11) is 0. The molecule has 0 radical (unpaired) electrons. The van der Waals surface area contributed by atoms with Crippen LogP contribution in [0.15, 0.2) is 71.9 Å². The number of carbonyl (C=O) groups is 1. The molecule has 0 amide bonds. The van der Waals surface area contributed by atoms with Crippen molar-refractivity contribution in [3.8, 4) is 5.69 Å². The highest BCUT2D eigenvalue weighted by Crippen LogP contribution is 2.18. The SMILES string of the molecule is O=C(O)c1cn(Cc2ccc(-n3cccn3)cc2)c2cccc(F)c2c1=O. The van der Waals surface area contributed by atoms with Crippen molar-refractivity contribution < 1.29 is 14.3 Å². The van der Waals surface area contributed by atoms with Crippen LogP contribution in [-0.2, 0) is 6.54 Å². The summed E-state index contributed by atoms with van der Waals surface area (Å²) < 4.78 is 17.5. The minimum Gasteiger partial charge on any atom is -0.477 e. The lowest BCUT2D eigenvalue weighted by atomic mass is 10.1. The van der Waals surface area contributed by atoms with Crippen LogP contribution in [0.5, 0.6) is 0 Å². The van der Waals surface area contributed by atoms with Gasteiger partial charge in [-0.2, -0.15) is 5.10 Å². The summed E-state index contributed by atoms with van der Waals surface area (Å²) in [5, 5.41) is 13.2. The summed E-state index contributed by atoms with van der Waals surface area (Å²) in [6, 6.07) is 13.6. The zero-order valence-corrected chi connectivity index (χ0v) is 14.0. The number of nitrogens with zero attached hydrogens (tertiary/aromatic N) is 3. The van der Waals surface area contributed by atoms with Crippen molar-refractivity contribution in [1.29, 1.82) is 0 Å². The van der Waals surface area contributed by atoms with Gasteiger partial charge in [0, 0.05) is 25.1 Å². The van der Waals surface area contributed by atoms with Crippen molar-refractivity contribution in [2.24, 2.45) is 0 Å². The number of hydrogen-bond donors (Lipinski definition) is 1. The fourth-order valence-electron chi connectivity index (χ4n) is 3.05. The minimum absolute atomic E-state index is 0.217. The van der Waals surface area contributed by atoms with Gasteiger partial charge in [-0.15, -0.1) is 0 Å². The number of benzene rings is 2. The van der Waals surface area contributed by atoms with Gasteiger partial charge in [0.2, 0.25) is 5.43 Å². The molecule has 134 valence electrons. The highest BCUT2D eigenvalue weighted by Gasteiger charge is 2.17. The molecule has 4 rings (SSSR count). The highest BCUT2D eigenvalue weighted by molar-refractivity contribution is 5.92. The van der Waals surface area contributed by atoms with E-state index in [2.05, 4.69) is 5.10 Å². The Kier molecular flexibility index (Phi) is 4.04. The lowest BCUT2D eigenvalue weighted by Crippen LogP contribution is -2.20. The van der Waals surface area contributed by atoms with Crippen molar-refractivity contribution in [1.82, 2.24) is 14.3 Å². The summed E-state index contributed by atoms with van der Waals surface area (Å²) in [4.78, 5) is 23.7. The van der Waals surface area contributed by atoms with E-state index < -0.39 is 22.8 Å². The number of rotatable bonds is 4. The molecule has 0 unspecified atom stereocenters. The molecular weight excluding hydrogens is 349 g/mol. The first kappa shape index (κ1) is 16.7. The minimum atomic E-state index is -1.38. The van der Waals surface area contributed by atoms with Crippen molar-refractivity contribution in [3.05, 3.63) is 94.3 Å². The van der Waals surface area contributed by atoms with E-state index in [1.54, 1.807) is 21.5 Å². The fraction of sp³-hybridized carbons (Fsp3) is 0.0500. The standard InChI is InChI=1S/C20H14FN3O3/c21-16-3-1-4-17-18(16)19(25)15(20(26)27)12-23(17)11-13-5-7-14(8-6-13)24-10-2-9-22-24/h1-10,12H,11H2,(H,26,27). The average molecular weight is 363 g/mol. The van der Waals surface area contributed by atoms with Gasteiger partial charge in [-0.3, -0.25) is 4.79 Å². The zero-order valence-electron chi connectivity index (χ0n) is 14.0. The molecule has 6 nitrogen and oxygen atoms in total. The molecule has 0 spiro atoms. The van der Waals surface area contributed by atoms with Crippen LogP contribution in [0.3, 0.4) is 0 Å². The van der Waals surface area contributed by atoms with Crippen molar-refractivity contribution in [3.63, 3.8) is 0 Å². The molecule has 0 atom stereocenters. The normalized spacial score (nSPS) is 11.0. The van der Waals surface area contributed by atoms with E-state index in [0.29, 0.717) is 12.1 Å². The fourth-order valence-corrected chi connectivity index (χ4v) is 3.05. The summed E-state index contributed by atoms with van der Waals surface area (Å²) >= 11 is 0. The maximum Gasteiger partial charge on any atom is 0.341 e. The Morgan fingerprint density at radius 1 is 1.11 bits per heavy atom. The van der Waals surface area contributed by atoms with Crippen LogP contribution >= 0.6 is 0 Å². The van der Waals surface area contributed by atoms with Crippen molar-refractivity contribution >= 4 is 16.9 Å². The Hall–Kier alpha value is -3.74. The summed E-state index contributed by atoms with van der Waals surface area (Å²) in [6.07, 6.45) is 4.77. The molecule has 2 heterocycles. The Balaban J connectivity index is 1.80. The predicted octanol–water partition coefficient (Wildman–Crippen LogP) is 3.07. The number of fused-ring (bicyclic) bond motifs is 1. The van der Waals surface area contributed by atoms with Gasteiger partial charge in [-0.05, 0) is 35.9 Å². The largest absolute Gasteiger partial charge is 0.477 e. The van der Waals surface area contributed by atoms with E-state index in [1.807, 2.05) is 36.5 Å². The number of halogens is 1. The smallest absolute Gasteiger partial charge is 0.341 e. The zero-order chi connectivity index (χ0) is 19.0. The molecule has 0 saturated carbocycles. The van der Waals surface area contributed by atoms with Crippen LogP contribution in [0.4, 0.5) is 4.39 Å². The van der Waals surface area contributed by atoms with Gasteiger partial charge in [0.25, 0.3) is 0 Å².